The molecule has 1 amide bonds. The standard InChI is InChI=1S/C19H36N4O2.HI/c1-6-8-11-25-16-12-15(19(16,3)4)22-18(20-7-2)21-14-9-10-17(24)23(5)13-14;/h14-16H,6-13H2,1-5H3,(H2,20,21,22);1H. The van der Waals surface area contributed by atoms with Gasteiger partial charge in [0.25, 0.3) is 0 Å². The van der Waals surface area contributed by atoms with Gasteiger partial charge in [0.1, 0.15) is 0 Å². The molecule has 3 unspecified atom stereocenters. The summed E-state index contributed by atoms with van der Waals surface area (Å²) < 4.78 is 6.04. The summed E-state index contributed by atoms with van der Waals surface area (Å²) in [5.74, 6) is 1.09. The highest BCUT2D eigenvalue weighted by molar-refractivity contribution is 14.0. The van der Waals surface area contributed by atoms with Crippen molar-refractivity contribution in [1.82, 2.24) is 15.5 Å². The number of amides is 1. The lowest BCUT2D eigenvalue weighted by molar-refractivity contribution is -0.132. The normalized spacial score (nSPS) is 28.2. The molecule has 3 atom stereocenters. The van der Waals surface area contributed by atoms with Crippen LogP contribution in [0.5, 0.6) is 0 Å². The minimum atomic E-state index is 0. The number of guanidine groups is 1. The van der Waals surface area contributed by atoms with Crippen LogP contribution in [0.3, 0.4) is 0 Å². The number of rotatable bonds is 7. The van der Waals surface area contributed by atoms with Crippen LogP contribution in [0.4, 0.5) is 0 Å². The van der Waals surface area contributed by atoms with E-state index in [4.69, 9.17) is 4.74 Å². The first-order valence-corrected chi connectivity index (χ1v) is 9.81. The number of carbonyl (C=O) groups excluding carboxylic acids is 1. The summed E-state index contributed by atoms with van der Waals surface area (Å²) in [6, 6.07) is 0.625. The van der Waals surface area contributed by atoms with Gasteiger partial charge >= 0.3 is 0 Å². The summed E-state index contributed by atoms with van der Waals surface area (Å²) in [5, 5.41) is 7.11. The summed E-state index contributed by atoms with van der Waals surface area (Å²) >= 11 is 0. The fourth-order valence-electron chi connectivity index (χ4n) is 3.56. The average Bonchev–Trinajstić information content (AvgIpc) is 2.57. The van der Waals surface area contributed by atoms with Gasteiger partial charge in [-0.25, -0.2) is 0 Å². The number of halogens is 1. The number of likely N-dealkylation sites (tertiary alicyclic amines) is 1. The van der Waals surface area contributed by atoms with E-state index in [-0.39, 0.29) is 41.3 Å². The number of hydrogen-bond acceptors (Lipinski definition) is 3. The monoisotopic (exact) mass is 480 g/mol. The van der Waals surface area contributed by atoms with E-state index < -0.39 is 0 Å². The highest BCUT2D eigenvalue weighted by atomic mass is 127. The number of nitrogens with one attached hydrogen (secondary N) is 2. The van der Waals surface area contributed by atoms with Gasteiger partial charge < -0.3 is 20.3 Å². The van der Waals surface area contributed by atoms with Crippen molar-refractivity contribution < 1.29 is 9.53 Å². The van der Waals surface area contributed by atoms with E-state index in [0.29, 0.717) is 18.6 Å². The van der Waals surface area contributed by atoms with E-state index in [2.05, 4.69) is 36.4 Å². The Labute approximate surface area is 175 Å². The molecule has 2 N–H and O–H groups in total. The molecule has 0 aromatic heterocycles. The minimum Gasteiger partial charge on any atom is -0.378 e. The van der Waals surface area contributed by atoms with E-state index in [0.717, 1.165) is 44.9 Å². The number of likely N-dealkylation sites (N-methyl/N-ethyl adjacent to an activating group) is 1. The zero-order chi connectivity index (χ0) is 18.4. The Hall–Kier alpha value is -0.570. The second-order valence-electron chi connectivity index (χ2n) is 7.94. The predicted molar refractivity (Wildman–Crippen MR) is 117 cm³/mol. The fraction of sp³-hybridized carbons (Fsp3) is 0.895. The first-order chi connectivity index (χ1) is 11.9. The average molecular weight is 480 g/mol. The molecule has 1 saturated carbocycles. The Morgan fingerprint density at radius 3 is 2.65 bits per heavy atom. The third kappa shape index (κ3) is 5.97. The maximum atomic E-state index is 11.7. The number of piperidine rings is 1. The van der Waals surface area contributed by atoms with Crippen LogP contribution in [0.2, 0.25) is 0 Å². The first-order valence-electron chi connectivity index (χ1n) is 9.81. The lowest BCUT2D eigenvalue weighted by atomic mass is 9.64. The van der Waals surface area contributed by atoms with Gasteiger partial charge in [-0.3, -0.25) is 9.79 Å². The van der Waals surface area contributed by atoms with Crippen molar-refractivity contribution in [2.24, 2.45) is 10.4 Å². The van der Waals surface area contributed by atoms with Crippen molar-refractivity contribution >= 4 is 35.8 Å². The van der Waals surface area contributed by atoms with E-state index in [1.54, 1.807) is 4.90 Å². The lowest BCUT2D eigenvalue weighted by Gasteiger charge is -2.52. The van der Waals surface area contributed by atoms with E-state index in [9.17, 15) is 4.79 Å². The van der Waals surface area contributed by atoms with Crippen LogP contribution in [0.1, 0.15) is 59.8 Å². The van der Waals surface area contributed by atoms with Gasteiger partial charge in [0.15, 0.2) is 5.96 Å². The molecule has 1 aliphatic heterocycles. The second kappa shape index (κ2) is 10.7. The summed E-state index contributed by atoms with van der Waals surface area (Å²) in [5.41, 5.74) is 0.100. The number of unbranched alkanes of at least 4 members (excludes halogenated alkanes) is 1. The van der Waals surface area contributed by atoms with E-state index >= 15 is 0 Å². The topological polar surface area (TPSA) is 66.0 Å². The van der Waals surface area contributed by atoms with Crippen LogP contribution in [0, 0.1) is 5.41 Å². The maximum absolute atomic E-state index is 11.7. The SMILES string of the molecule is CCCCOC1CC(NC(=NCC)NC2CCC(=O)N(C)C2)C1(C)C.I. The van der Waals surface area contributed by atoms with Crippen LogP contribution in [-0.4, -0.2) is 61.7 Å². The Balaban J connectivity index is 0.00000338. The molecule has 6 nitrogen and oxygen atoms in total. The van der Waals surface area contributed by atoms with Gasteiger partial charge in [-0.05, 0) is 26.2 Å². The second-order valence-corrected chi connectivity index (χ2v) is 7.94. The molecule has 0 radical (unpaired) electrons. The number of hydrogen-bond donors (Lipinski definition) is 2. The molecular weight excluding hydrogens is 443 g/mol. The molecule has 1 saturated heterocycles. The molecule has 26 heavy (non-hydrogen) atoms. The molecule has 2 fully saturated rings. The number of ether oxygens (including phenoxy) is 1. The Morgan fingerprint density at radius 2 is 2.08 bits per heavy atom. The molecule has 152 valence electrons. The summed E-state index contributed by atoms with van der Waals surface area (Å²) in [7, 11) is 1.87. The van der Waals surface area contributed by atoms with Crippen LogP contribution in [0.15, 0.2) is 4.99 Å². The van der Waals surface area contributed by atoms with Crippen LogP contribution in [0.25, 0.3) is 0 Å². The Bertz CT molecular complexity index is 484. The number of carbonyl (C=O) groups is 1. The van der Waals surface area contributed by atoms with Gasteiger partial charge in [-0.1, -0.05) is 27.2 Å². The summed E-state index contributed by atoms with van der Waals surface area (Å²) in [6.07, 6.45) is 5.11. The smallest absolute Gasteiger partial charge is 0.222 e. The molecule has 0 aromatic carbocycles. The molecular formula is C19H37IN4O2. The molecule has 2 rings (SSSR count). The Kier molecular flexibility index (Phi) is 9.64. The third-order valence-electron chi connectivity index (χ3n) is 5.59. The molecule has 0 bridgehead atoms. The van der Waals surface area contributed by atoms with Gasteiger partial charge in [0, 0.05) is 50.7 Å². The molecule has 0 spiro atoms. The van der Waals surface area contributed by atoms with Crippen LogP contribution < -0.4 is 10.6 Å². The van der Waals surface area contributed by atoms with Crippen molar-refractivity contribution in [3.63, 3.8) is 0 Å². The zero-order valence-electron chi connectivity index (χ0n) is 17.0. The van der Waals surface area contributed by atoms with Crippen molar-refractivity contribution in [2.75, 3.05) is 26.7 Å². The predicted octanol–water partition coefficient (Wildman–Crippen LogP) is 2.76. The minimum absolute atomic E-state index is 0. The number of aliphatic imine (C=N–C) groups is 1. The first kappa shape index (κ1) is 23.5. The quantitative estimate of drug-likeness (QED) is 0.255. The third-order valence-corrected chi connectivity index (χ3v) is 5.59. The molecule has 1 aliphatic carbocycles. The van der Waals surface area contributed by atoms with Crippen molar-refractivity contribution in [1.29, 1.82) is 0 Å². The molecule has 7 heteroatoms. The maximum Gasteiger partial charge on any atom is 0.222 e. The van der Waals surface area contributed by atoms with E-state index in [1.807, 2.05) is 14.0 Å². The zero-order valence-corrected chi connectivity index (χ0v) is 19.3. The van der Waals surface area contributed by atoms with Crippen molar-refractivity contribution in [3.05, 3.63) is 0 Å². The van der Waals surface area contributed by atoms with E-state index in [1.165, 1.54) is 6.42 Å². The van der Waals surface area contributed by atoms with Crippen LogP contribution in [-0.2, 0) is 9.53 Å². The van der Waals surface area contributed by atoms with Gasteiger partial charge in [-0.2, -0.15) is 0 Å². The lowest BCUT2D eigenvalue weighted by Crippen LogP contribution is -2.64. The molecule has 0 aromatic rings. The number of nitrogens with zero attached hydrogens (tertiary/aromatic N) is 2. The van der Waals surface area contributed by atoms with Crippen LogP contribution >= 0.6 is 24.0 Å². The molecule has 2 aliphatic rings. The summed E-state index contributed by atoms with van der Waals surface area (Å²) in [6.45, 7) is 11.1. The fourth-order valence-corrected chi connectivity index (χ4v) is 3.56. The summed E-state index contributed by atoms with van der Waals surface area (Å²) in [4.78, 5) is 18.1. The molecule has 1 heterocycles. The van der Waals surface area contributed by atoms with Crippen molar-refractivity contribution in [2.45, 2.75) is 78.0 Å². The highest BCUT2D eigenvalue weighted by Crippen LogP contribution is 2.42. The van der Waals surface area contributed by atoms with Gasteiger partial charge in [0.05, 0.1) is 6.10 Å². The highest BCUT2D eigenvalue weighted by Gasteiger charge is 2.49. The van der Waals surface area contributed by atoms with Gasteiger partial charge in [0.2, 0.25) is 5.91 Å². The Morgan fingerprint density at radius 1 is 1.35 bits per heavy atom. The van der Waals surface area contributed by atoms with Gasteiger partial charge in [-0.15, -0.1) is 24.0 Å². The largest absolute Gasteiger partial charge is 0.378 e. The van der Waals surface area contributed by atoms with Crippen molar-refractivity contribution in [3.8, 4) is 0 Å².